The van der Waals surface area contributed by atoms with E-state index in [1.165, 1.54) is 12.8 Å². The van der Waals surface area contributed by atoms with Gasteiger partial charge in [0.05, 0.1) is 42.6 Å². The minimum absolute atomic E-state index is 0.0498. The van der Waals surface area contributed by atoms with Gasteiger partial charge in [0.1, 0.15) is 0 Å². The molecule has 2 aromatic heterocycles. The number of nitriles is 1. The quantitative estimate of drug-likeness (QED) is 0.387. The lowest BCUT2D eigenvalue weighted by Gasteiger charge is -2.28. The van der Waals surface area contributed by atoms with Gasteiger partial charge in [-0.05, 0) is 55.9 Å². The van der Waals surface area contributed by atoms with Crippen LogP contribution in [-0.2, 0) is 0 Å². The summed E-state index contributed by atoms with van der Waals surface area (Å²) in [5.41, 5.74) is 2.28. The summed E-state index contributed by atoms with van der Waals surface area (Å²) in [5, 5.41) is 30.0. The van der Waals surface area contributed by atoms with Crippen LogP contribution in [0.1, 0.15) is 74.2 Å². The monoisotopic (exact) mass is 499 g/mol. The Morgan fingerprint density at radius 2 is 2.03 bits per heavy atom. The number of aliphatic hydroxyl groups is 1. The smallest absolute Gasteiger partial charge is 0.251 e. The van der Waals surface area contributed by atoms with Crippen molar-refractivity contribution >= 4 is 17.5 Å². The van der Waals surface area contributed by atoms with Gasteiger partial charge in [-0.15, -0.1) is 0 Å². The second kappa shape index (κ2) is 11.1. The Kier molecular flexibility index (Phi) is 7.47. The minimum Gasteiger partial charge on any atom is -0.394 e. The Balaban J connectivity index is 1.30. The van der Waals surface area contributed by atoms with Gasteiger partial charge >= 0.3 is 0 Å². The van der Waals surface area contributed by atoms with Crippen LogP contribution in [0.5, 0.6) is 0 Å². The molecule has 0 bridgehead atoms. The molecule has 1 atom stereocenters. The molecule has 3 N–H and O–H groups in total. The van der Waals surface area contributed by atoms with Gasteiger partial charge in [-0.2, -0.15) is 10.4 Å². The van der Waals surface area contributed by atoms with Gasteiger partial charge in [-0.3, -0.25) is 9.48 Å². The normalized spacial score (nSPS) is 17.8. The summed E-state index contributed by atoms with van der Waals surface area (Å²) < 4.78 is 1.93. The summed E-state index contributed by atoms with van der Waals surface area (Å²) >= 11 is 0. The average molecular weight is 500 g/mol. The van der Waals surface area contributed by atoms with E-state index in [1.807, 2.05) is 29.1 Å². The molecule has 9 heteroatoms. The van der Waals surface area contributed by atoms with Crippen molar-refractivity contribution in [1.29, 1.82) is 5.26 Å². The predicted molar refractivity (Wildman–Crippen MR) is 140 cm³/mol. The number of nitrogens with zero attached hydrogens (tertiary/aromatic N) is 5. The maximum atomic E-state index is 12.9. The summed E-state index contributed by atoms with van der Waals surface area (Å²) in [7, 11) is 0. The molecule has 3 aromatic rings. The van der Waals surface area contributed by atoms with Crippen LogP contribution in [0.15, 0.2) is 48.9 Å². The van der Waals surface area contributed by atoms with Crippen LogP contribution < -0.4 is 10.6 Å². The van der Waals surface area contributed by atoms with E-state index in [2.05, 4.69) is 31.8 Å². The molecule has 2 aliphatic rings. The number of nitrogens with one attached hydrogen (secondary N) is 2. The van der Waals surface area contributed by atoms with Gasteiger partial charge in [-0.1, -0.05) is 31.7 Å². The topological polar surface area (TPSA) is 129 Å². The first-order chi connectivity index (χ1) is 18.1. The summed E-state index contributed by atoms with van der Waals surface area (Å²) in [4.78, 5) is 21.9. The molecule has 2 heterocycles. The Morgan fingerprint density at radius 3 is 2.78 bits per heavy atom. The highest BCUT2D eigenvalue weighted by Crippen LogP contribution is 2.36. The minimum atomic E-state index is -0.521. The zero-order valence-electron chi connectivity index (χ0n) is 20.9. The van der Waals surface area contributed by atoms with Crippen molar-refractivity contribution in [3.8, 4) is 17.3 Å². The third-order valence-corrected chi connectivity index (χ3v) is 7.76. The highest BCUT2D eigenvalue weighted by atomic mass is 16.3. The van der Waals surface area contributed by atoms with E-state index < -0.39 is 5.54 Å². The second-order valence-corrected chi connectivity index (χ2v) is 10.3. The molecule has 1 unspecified atom stereocenters. The molecule has 192 valence electrons. The van der Waals surface area contributed by atoms with E-state index in [0.29, 0.717) is 29.5 Å². The van der Waals surface area contributed by atoms with Crippen LogP contribution in [0.2, 0.25) is 0 Å². The third kappa shape index (κ3) is 5.65. The Labute approximate surface area is 217 Å². The number of hydrogen-bond acceptors (Lipinski definition) is 7. The number of carbonyl (C=O) groups is 1. The number of carbonyl (C=O) groups excluding carboxylic acids is 1. The molecule has 2 fully saturated rings. The zero-order chi connectivity index (χ0) is 25.7. The van der Waals surface area contributed by atoms with Crippen LogP contribution >= 0.6 is 0 Å². The van der Waals surface area contributed by atoms with Gasteiger partial charge in [0.2, 0.25) is 5.95 Å². The van der Waals surface area contributed by atoms with Gasteiger partial charge < -0.3 is 15.7 Å². The van der Waals surface area contributed by atoms with Crippen molar-refractivity contribution in [3.63, 3.8) is 0 Å². The highest BCUT2D eigenvalue weighted by Gasteiger charge is 2.34. The van der Waals surface area contributed by atoms with Gasteiger partial charge in [0.15, 0.2) is 0 Å². The third-order valence-electron chi connectivity index (χ3n) is 7.76. The Morgan fingerprint density at radius 1 is 1.22 bits per heavy atom. The van der Waals surface area contributed by atoms with Crippen LogP contribution in [0.3, 0.4) is 0 Å². The van der Waals surface area contributed by atoms with E-state index in [4.69, 9.17) is 0 Å². The predicted octanol–water partition coefficient (Wildman–Crippen LogP) is 4.76. The van der Waals surface area contributed by atoms with Crippen molar-refractivity contribution in [2.24, 2.45) is 5.92 Å². The van der Waals surface area contributed by atoms with E-state index >= 15 is 0 Å². The fourth-order valence-corrected chi connectivity index (χ4v) is 5.70. The maximum absolute atomic E-state index is 12.9. The number of benzene rings is 1. The van der Waals surface area contributed by atoms with Crippen molar-refractivity contribution in [3.05, 3.63) is 54.5 Å². The van der Waals surface area contributed by atoms with Gasteiger partial charge in [-0.25, -0.2) is 9.97 Å². The molecule has 2 saturated carbocycles. The molecule has 1 amide bonds. The molecule has 1 aromatic carbocycles. The Bertz CT molecular complexity index is 1270. The van der Waals surface area contributed by atoms with Gasteiger partial charge in [0, 0.05) is 29.2 Å². The summed E-state index contributed by atoms with van der Waals surface area (Å²) in [6.45, 7) is -0.0498. The number of aliphatic hydroxyl groups excluding tert-OH is 1. The van der Waals surface area contributed by atoms with Crippen LogP contribution in [0.4, 0.5) is 11.6 Å². The lowest BCUT2D eigenvalue weighted by molar-refractivity contribution is 0.0838. The number of aromatic nitrogens is 4. The second-order valence-electron chi connectivity index (χ2n) is 10.3. The first-order valence-corrected chi connectivity index (χ1v) is 13.1. The van der Waals surface area contributed by atoms with E-state index in [1.54, 1.807) is 24.5 Å². The molecule has 9 nitrogen and oxygen atoms in total. The largest absolute Gasteiger partial charge is 0.394 e. The zero-order valence-corrected chi connectivity index (χ0v) is 20.9. The molecule has 0 spiro atoms. The van der Waals surface area contributed by atoms with Gasteiger partial charge in [0.25, 0.3) is 5.91 Å². The van der Waals surface area contributed by atoms with Crippen LogP contribution in [0, 0.1) is 17.2 Å². The fourth-order valence-electron chi connectivity index (χ4n) is 5.70. The molecule has 2 aliphatic carbocycles. The van der Waals surface area contributed by atoms with E-state index in [-0.39, 0.29) is 18.6 Å². The highest BCUT2D eigenvalue weighted by molar-refractivity contribution is 5.95. The molecule has 5 rings (SSSR count). The molecule has 37 heavy (non-hydrogen) atoms. The van der Waals surface area contributed by atoms with Crippen molar-refractivity contribution in [1.82, 2.24) is 25.1 Å². The Hall–Kier alpha value is -3.77. The molecule has 0 radical (unpaired) electrons. The van der Waals surface area contributed by atoms with Crippen LogP contribution in [-0.4, -0.2) is 42.9 Å². The van der Waals surface area contributed by atoms with Crippen molar-refractivity contribution in [2.75, 3.05) is 11.9 Å². The van der Waals surface area contributed by atoms with Crippen molar-refractivity contribution < 1.29 is 9.90 Å². The molecule has 0 saturated heterocycles. The number of anilines is 2. The number of rotatable bonds is 9. The van der Waals surface area contributed by atoms with Crippen LogP contribution in [0.25, 0.3) is 11.3 Å². The average Bonchev–Trinajstić information content (AvgIpc) is 3.71. The SMILES string of the molecule is N#CCC(C1CCCC1)n1cc(-c2ccnc(Nc3cccc(C(=O)NC4(CO)CCCC4)c3)n2)cn1. The molecular weight excluding hydrogens is 466 g/mol. The first kappa shape index (κ1) is 24.9. The summed E-state index contributed by atoms with van der Waals surface area (Å²) in [6, 6.07) is 11.4. The number of hydrogen-bond donors (Lipinski definition) is 3. The molecular formula is C28H33N7O2. The maximum Gasteiger partial charge on any atom is 0.251 e. The lowest BCUT2D eigenvalue weighted by Crippen LogP contribution is -2.49. The molecule has 0 aliphatic heterocycles. The standard InChI is InChI=1S/C28H33N7O2/c29-14-10-25(20-6-1-2-7-20)35-18-22(17-31-35)24-11-15-30-27(33-24)32-23-9-5-8-21(16-23)26(37)34-28(19-36)12-3-4-13-28/h5,8-9,11,15-18,20,25,36H,1-4,6-7,10,12-13,19H2,(H,34,37)(H,30,32,33). The van der Waals surface area contributed by atoms with Crippen molar-refractivity contribution in [2.45, 2.75) is 69.4 Å². The van der Waals surface area contributed by atoms with E-state index in [9.17, 15) is 15.2 Å². The summed E-state index contributed by atoms with van der Waals surface area (Å²) in [5.74, 6) is 0.700. The summed E-state index contributed by atoms with van der Waals surface area (Å²) in [6.07, 6.45) is 14.2. The fraction of sp³-hybridized carbons (Fsp3) is 0.464. The first-order valence-electron chi connectivity index (χ1n) is 13.1. The van der Waals surface area contributed by atoms with E-state index in [0.717, 1.165) is 49.8 Å². The lowest BCUT2D eigenvalue weighted by atomic mass is 9.96. The number of amides is 1.